The van der Waals surface area contributed by atoms with E-state index in [4.69, 9.17) is 9.40 Å². The molecular weight excluding hydrogens is 377 g/mol. The molecule has 2 aliphatic rings. The number of benzene rings is 1. The van der Waals surface area contributed by atoms with Crippen LogP contribution in [0.5, 0.6) is 0 Å². The molecule has 0 unspecified atom stereocenters. The SMILES string of the molecule is Cc1ccc2c(oc3ncccc32)c1N1c2ncccc2[P@@](C2CCCC2)[C@@H]1C. The maximum atomic E-state index is 6.33. The van der Waals surface area contributed by atoms with E-state index in [0.29, 0.717) is 11.5 Å². The van der Waals surface area contributed by atoms with Crippen LogP contribution in [0.3, 0.4) is 0 Å². The van der Waals surface area contributed by atoms with Crippen molar-refractivity contribution >= 4 is 46.8 Å². The molecule has 3 aromatic heterocycles. The van der Waals surface area contributed by atoms with E-state index in [2.05, 4.69) is 54.1 Å². The lowest BCUT2D eigenvalue weighted by atomic mass is 10.1. The molecule has 1 saturated carbocycles. The molecule has 0 N–H and O–H groups in total. The van der Waals surface area contributed by atoms with E-state index in [1.807, 2.05) is 12.3 Å². The summed E-state index contributed by atoms with van der Waals surface area (Å²) in [6.45, 7) is 4.58. The first-order valence-electron chi connectivity index (χ1n) is 10.5. The standard InChI is InChI=1S/C24H24N3OP/c1-15-11-12-18-19-9-5-14-26-24(19)28-22(18)21(15)27-16(2)29(17-7-3-4-8-17)20-10-6-13-25-23(20)27/h5-6,9-14,16-17H,3-4,7-8H2,1-2H3/t16-,29-/m1/s1. The van der Waals surface area contributed by atoms with Crippen LogP contribution in [0.25, 0.3) is 22.1 Å². The van der Waals surface area contributed by atoms with E-state index in [0.717, 1.165) is 33.5 Å². The summed E-state index contributed by atoms with van der Waals surface area (Å²) < 4.78 is 6.33. The van der Waals surface area contributed by atoms with Gasteiger partial charge in [-0.1, -0.05) is 25.0 Å². The second-order valence-corrected chi connectivity index (χ2v) is 11.0. The number of furan rings is 1. The Morgan fingerprint density at radius 3 is 2.66 bits per heavy atom. The predicted octanol–water partition coefficient (Wildman–Crippen LogP) is 6.23. The van der Waals surface area contributed by atoms with Crippen LogP contribution in [0.15, 0.2) is 53.2 Å². The molecule has 1 fully saturated rings. The van der Waals surface area contributed by atoms with Gasteiger partial charge in [-0.25, -0.2) is 9.97 Å². The fourth-order valence-electron chi connectivity index (χ4n) is 5.31. The van der Waals surface area contributed by atoms with Crippen molar-refractivity contribution in [3.63, 3.8) is 0 Å². The number of aromatic nitrogens is 2. The monoisotopic (exact) mass is 401 g/mol. The van der Waals surface area contributed by atoms with E-state index in [1.165, 1.54) is 36.6 Å². The minimum absolute atomic E-state index is 0.272. The third kappa shape index (κ3) is 2.48. The highest BCUT2D eigenvalue weighted by molar-refractivity contribution is 7.68. The van der Waals surface area contributed by atoms with Crippen LogP contribution in [0.4, 0.5) is 11.5 Å². The molecule has 146 valence electrons. The number of rotatable bonds is 2. The van der Waals surface area contributed by atoms with Gasteiger partial charge in [-0.15, -0.1) is 0 Å². The third-order valence-electron chi connectivity index (χ3n) is 6.60. The highest BCUT2D eigenvalue weighted by Gasteiger charge is 2.43. The molecule has 0 spiro atoms. The van der Waals surface area contributed by atoms with Gasteiger partial charge in [-0.05, 0) is 70.1 Å². The number of aryl methyl sites for hydroxylation is 1. The van der Waals surface area contributed by atoms with Gasteiger partial charge in [0.15, 0.2) is 5.58 Å². The van der Waals surface area contributed by atoms with Crippen LogP contribution in [-0.4, -0.2) is 21.4 Å². The highest BCUT2D eigenvalue weighted by Crippen LogP contribution is 2.60. The first kappa shape index (κ1) is 17.4. The Balaban J connectivity index is 1.60. The summed E-state index contributed by atoms with van der Waals surface area (Å²) in [5.74, 6) is 1.55. The van der Waals surface area contributed by atoms with Crippen molar-refractivity contribution < 1.29 is 4.42 Å². The summed E-state index contributed by atoms with van der Waals surface area (Å²) in [5.41, 5.74) is 4.84. The molecule has 0 saturated heterocycles. The lowest BCUT2D eigenvalue weighted by Crippen LogP contribution is -2.25. The van der Waals surface area contributed by atoms with Crippen LogP contribution in [0, 0.1) is 6.92 Å². The number of hydrogen-bond acceptors (Lipinski definition) is 4. The van der Waals surface area contributed by atoms with Crippen LogP contribution in [-0.2, 0) is 0 Å². The Hall–Kier alpha value is -2.45. The maximum Gasteiger partial charge on any atom is 0.227 e. The molecule has 0 amide bonds. The number of fused-ring (bicyclic) bond motifs is 4. The second kappa shape index (κ2) is 6.53. The fourth-order valence-corrected chi connectivity index (χ4v) is 8.77. The molecule has 1 aliphatic carbocycles. The average molecular weight is 401 g/mol. The van der Waals surface area contributed by atoms with Gasteiger partial charge in [-0.3, -0.25) is 0 Å². The van der Waals surface area contributed by atoms with Crippen LogP contribution in [0.2, 0.25) is 0 Å². The third-order valence-corrected chi connectivity index (χ3v) is 9.85. The predicted molar refractivity (Wildman–Crippen MR) is 121 cm³/mol. The first-order chi connectivity index (χ1) is 14.2. The van der Waals surface area contributed by atoms with Crippen molar-refractivity contribution in [2.24, 2.45) is 0 Å². The zero-order valence-corrected chi connectivity index (χ0v) is 17.7. The lowest BCUT2D eigenvalue weighted by molar-refractivity contribution is 0.652. The topological polar surface area (TPSA) is 42.2 Å². The zero-order valence-electron chi connectivity index (χ0n) is 16.8. The van der Waals surface area contributed by atoms with E-state index in [1.54, 1.807) is 6.20 Å². The van der Waals surface area contributed by atoms with Crippen LogP contribution in [0.1, 0.15) is 38.2 Å². The summed E-state index contributed by atoms with van der Waals surface area (Å²) in [4.78, 5) is 11.8. The molecule has 4 nitrogen and oxygen atoms in total. The Morgan fingerprint density at radius 1 is 1.00 bits per heavy atom. The summed E-state index contributed by atoms with van der Waals surface area (Å²) in [5, 5.41) is 3.68. The minimum atomic E-state index is -0.272. The highest BCUT2D eigenvalue weighted by atomic mass is 31.1. The number of anilines is 2. The lowest BCUT2D eigenvalue weighted by Gasteiger charge is -2.30. The Kier molecular flexibility index (Phi) is 3.92. The van der Waals surface area contributed by atoms with Gasteiger partial charge in [0.1, 0.15) is 5.82 Å². The molecule has 1 aliphatic heterocycles. The molecule has 4 aromatic rings. The van der Waals surface area contributed by atoms with Crippen molar-refractivity contribution in [3.05, 3.63) is 54.4 Å². The average Bonchev–Trinajstić information content (AvgIpc) is 3.44. The summed E-state index contributed by atoms with van der Waals surface area (Å²) in [7, 11) is -0.272. The molecule has 2 atom stereocenters. The van der Waals surface area contributed by atoms with Gasteiger partial charge in [0.2, 0.25) is 5.71 Å². The van der Waals surface area contributed by atoms with Crippen LogP contribution >= 0.6 is 7.92 Å². The van der Waals surface area contributed by atoms with Gasteiger partial charge in [0, 0.05) is 28.5 Å². The van der Waals surface area contributed by atoms with E-state index in [-0.39, 0.29) is 7.92 Å². The van der Waals surface area contributed by atoms with Gasteiger partial charge >= 0.3 is 0 Å². The number of hydrogen-bond donors (Lipinski definition) is 0. The molecule has 1 aromatic carbocycles. The zero-order chi connectivity index (χ0) is 19.5. The van der Waals surface area contributed by atoms with Crippen LogP contribution < -0.4 is 10.2 Å². The van der Waals surface area contributed by atoms with Gasteiger partial charge in [0.25, 0.3) is 0 Å². The molecule has 29 heavy (non-hydrogen) atoms. The first-order valence-corrected chi connectivity index (χ1v) is 12.0. The molecule has 6 rings (SSSR count). The molecule has 4 heterocycles. The largest absolute Gasteiger partial charge is 0.435 e. The van der Waals surface area contributed by atoms with Crippen molar-refractivity contribution in [3.8, 4) is 0 Å². The van der Waals surface area contributed by atoms with E-state index >= 15 is 0 Å². The van der Waals surface area contributed by atoms with Gasteiger partial charge in [0.05, 0.1) is 11.5 Å². The quantitative estimate of drug-likeness (QED) is 0.373. The van der Waals surface area contributed by atoms with Crippen molar-refractivity contribution in [2.45, 2.75) is 51.0 Å². The Labute approximate surface area is 171 Å². The molecule has 0 radical (unpaired) electrons. The fraction of sp³-hybridized carbons (Fsp3) is 0.333. The molecular formula is C24H24N3OP. The van der Waals surface area contributed by atoms with Gasteiger partial charge in [-0.2, -0.15) is 0 Å². The number of pyridine rings is 2. The van der Waals surface area contributed by atoms with E-state index < -0.39 is 0 Å². The maximum absolute atomic E-state index is 6.33. The van der Waals surface area contributed by atoms with Crippen molar-refractivity contribution in [1.82, 2.24) is 9.97 Å². The summed E-state index contributed by atoms with van der Waals surface area (Å²) in [6, 6.07) is 12.9. The smallest absolute Gasteiger partial charge is 0.227 e. The Morgan fingerprint density at radius 2 is 1.79 bits per heavy atom. The molecule has 0 bridgehead atoms. The second-order valence-electron chi connectivity index (χ2n) is 8.26. The van der Waals surface area contributed by atoms with Gasteiger partial charge < -0.3 is 9.32 Å². The summed E-state index contributed by atoms with van der Waals surface area (Å²) in [6.07, 6.45) is 9.19. The Bertz CT molecular complexity index is 1230. The van der Waals surface area contributed by atoms with E-state index in [9.17, 15) is 0 Å². The normalized spacial score (nSPS) is 22.1. The minimum Gasteiger partial charge on any atom is -0.435 e. The van der Waals surface area contributed by atoms with Crippen molar-refractivity contribution in [2.75, 3.05) is 4.90 Å². The number of nitrogens with zero attached hydrogens (tertiary/aromatic N) is 3. The van der Waals surface area contributed by atoms with Crippen molar-refractivity contribution in [1.29, 1.82) is 0 Å². The molecule has 5 heteroatoms. The summed E-state index contributed by atoms with van der Waals surface area (Å²) >= 11 is 0.